The molecule has 1 unspecified atom stereocenters. The molecular weight excluding hydrogens is 224 g/mol. The number of carboxylic acid groups (broad SMARTS) is 1. The summed E-state index contributed by atoms with van der Waals surface area (Å²) in [6, 6.07) is 1.79. The van der Waals surface area contributed by atoms with E-state index in [9.17, 15) is 9.59 Å². The van der Waals surface area contributed by atoms with Crippen LogP contribution in [-0.4, -0.2) is 33.9 Å². The van der Waals surface area contributed by atoms with Crippen LogP contribution in [0.1, 0.15) is 30.1 Å². The Balaban J connectivity index is 2.89. The van der Waals surface area contributed by atoms with Gasteiger partial charge in [-0.3, -0.25) is 14.3 Å². The fraction of sp³-hybridized carbons (Fsp3) is 0.545. The molecule has 6 heteroatoms. The van der Waals surface area contributed by atoms with Crippen molar-refractivity contribution in [1.29, 1.82) is 0 Å². The minimum Gasteiger partial charge on any atom is -0.481 e. The van der Waals surface area contributed by atoms with Gasteiger partial charge >= 0.3 is 11.9 Å². The van der Waals surface area contributed by atoms with E-state index < -0.39 is 17.9 Å². The average molecular weight is 240 g/mol. The van der Waals surface area contributed by atoms with Gasteiger partial charge in [0.05, 0.1) is 25.6 Å². The first-order valence-corrected chi connectivity index (χ1v) is 5.23. The monoisotopic (exact) mass is 240 g/mol. The fourth-order valence-corrected chi connectivity index (χ4v) is 1.56. The van der Waals surface area contributed by atoms with Crippen LogP contribution in [0.5, 0.6) is 0 Å². The van der Waals surface area contributed by atoms with E-state index in [2.05, 4.69) is 9.84 Å². The van der Waals surface area contributed by atoms with Crippen molar-refractivity contribution in [3.05, 3.63) is 17.5 Å². The third-order valence-corrected chi connectivity index (χ3v) is 2.61. The Morgan fingerprint density at radius 1 is 1.53 bits per heavy atom. The van der Waals surface area contributed by atoms with E-state index in [1.54, 1.807) is 17.8 Å². The number of rotatable bonds is 5. The van der Waals surface area contributed by atoms with E-state index in [0.717, 1.165) is 5.69 Å². The topological polar surface area (TPSA) is 81.4 Å². The fourth-order valence-electron chi connectivity index (χ4n) is 1.56. The van der Waals surface area contributed by atoms with Gasteiger partial charge in [-0.05, 0) is 13.0 Å². The Bertz CT molecular complexity index is 406. The van der Waals surface area contributed by atoms with Crippen molar-refractivity contribution in [2.45, 2.75) is 25.7 Å². The smallest absolute Gasteiger partial charge is 0.306 e. The van der Waals surface area contributed by atoms with Gasteiger partial charge in [0.25, 0.3) is 0 Å². The largest absolute Gasteiger partial charge is 0.481 e. The van der Waals surface area contributed by atoms with Crippen LogP contribution in [0.15, 0.2) is 6.07 Å². The summed E-state index contributed by atoms with van der Waals surface area (Å²) in [5.74, 6) is -1.83. The van der Waals surface area contributed by atoms with Gasteiger partial charge in [-0.25, -0.2) is 0 Å². The number of carboxylic acids is 1. The summed E-state index contributed by atoms with van der Waals surface area (Å²) in [6.45, 7) is 1.87. The molecular formula is C11H16N2O4. The molecule has 6 nitrogen and oxygen atoms in total. The molecule has 0 radical (unpaired) electrons. The summed E-state index contributed by atoms with van der Waals surface area (Å²) in [5, 5.41) is 13.0. The molecule has 17 heavy (non-hydrogen) atoms. The van der Waals surface area contributed by atoms with Crippen LogP contribution in [-0.2, 0) is 21.4 Å². The molecule has 0 saturated heterocycles. The van der Waals surface area contributed by atoms with Gasteiger partial charge in [0.2, 0.25) is 0 Å². The van der Waals surface area contributed by atoms with Gasteiger partial charge < -0.3 is 9.84 Å². The maximum absolute atomic E-state index is 11.2. The highest BCUT2D eigenvalue weighted by Gasteiger charge is 2.22. The van der Waals surface area contributed by atoms with E-state index in [4.69, 9.17) is 5.11 Å². The summed E-state index contributed by atoms with van der Waals surface area (Å²) >= 11 is 0. The number of aryl methyl sites for hydroxylation is 2. The number of ether oxygens (including phenoxy) is 1. The second-order valence-electron chi connectivity index (χ2n) is 3.91. The van der Waals surface area contributed by atoms with Crippen molar-refractivity contribution in [2.75, 3.05) is 7.11 Å². The highest BCUT2D eigenvalue weighted by molar-refractivity contribution is 5.73. The van der Waals surface area contributed by atoms with Crippen molar-refractivity contribution < 1.29 is 19.4 Å². The van der Waals surface area contributed by atoms with Gasteiger partial charge in [0.15, 0.2) is 0 Å². The molecule has 0 amide bonds. The molecule has 0 aliphatic carbocycles. The second kappa shape index (κ2) is 5.47. The first-order valence-electron chi connectivity index (χ1n) is 5.23. The Kier molecular flexibility index (Phi) is 4.25. The van der Waals surface area contributed by atoms with Gasteiger partial charge in [-0.15, -0.1) is 0 Å². The zero-order chi connectivity index (χ0) is 13.0. The van der Waals surface area contributed by atoms with Crippen LogP contribution >= 0.6 is 0 Å². The zero-order valence-electron chi connectivity index (χ0n) is 10.1. The molecule has 94 valence electrons. The van der Waals surface area contributed by atoms with Gasteiger partial charge in [-0.1, -0.05) is 0 Å². The molecule has 0 spiro atoms. The second-order valence-corrected chi connectivity index (χ2v) is 3.91. The summed E-state index contributed by atoms with van der Waals surface area (Å²) in [4.78, 5) is 22.0. The standard InChI is InChI=1S/C11H16N2O4/c1-7-4-9(12-13(7)2)8(5-10(14)15)6-11(16)17-3/h4,8H,5-6H2,1-3H3,(H,14,15). The molecule has 0 saturated carbocycles. The van der Waals surface area contributed by atoms with E-state index in [1.807, 2.05) is 6.92 Å². The minimum absolute atomic E-state index is 0.0270. The number of esters is 1. The first-order chi connectivity index (χ1) is 7.93. The van der Waals surface area contributed by atoms with Gasteiger partial charge in [0.1, 0.15) is 0 Å². The number of hydrogen-bond donors (Lipinski definition) is 1. The summed E-state index contributed by atoms with van der Waals surface area (Å²) < 4.78 is 6.21. The maximum Gasteiger partial charge on any atom is 0.306 e. The van der Waals surface area contributed by atoms with Crippen LogP contribution in [0, 0.1) is 6.92 Å². The van der Waals surface area contributed by atoms with Crippen LogP contribution in [0.4, 0.5) is 0 Å². The number of hydrogen-bond acceptors (Lipinski definition) is 4. The van der Waals surface area contributed by atoms with Crippen molar-refractivity contribution >= 4 is 11.9 Å². The Hall–Kier alpha value is -1.85. The molecule has 1 heterocycles. The predicted molar refractivity (Wildman–Crippen MR) is 59.6 cm³/mol. The van der Waals surface area contributed by atoms with Crippen LogP contribution in [0.2, 0.25) is 0 Å². The summed E-state index contributed by atoms with van der Waals surface area (Å²) in [6.07, 6.45) is -0.106. The summed E-state index contributed by atoms with van der Waals surface area (Å²) in [7, 11) is 3.05. The lowest BCUT2D eigenvalue weighted by molar-refractivity contribution is -0.141. The van der Waals surface area contributed by atoms with E-state index in [-0.39, 0.29) is 12.8 Å². The highest BCUT2D eigenvalue weighted by Crippen LogP contribution is 2.23. The number of nitrogens with zero attached hydrogens (tertiary/aromatic N) is 2. The number of aromatic nitrogens is 2. The average Bonchev–Trinajstić information content (AvgIpc) is 2.57. The first kappa shape index (κ1) is 13.2. The van der Waals surface area contributed by atoms with Crippen molar-refractivity contribution in [3.8, 4) is 0 Å². The molecule has 1 N–H and O–H groups in total. The van der Waals surface area contributed by atoms with E-state index in [0.29, 0.717) is 5.69 Å². The molecule has 1 atom stereocenters. The zero-order valence-corrected chi connectivity index (χ0v) is 10.1. The quantitative estimate of drug-likeness (QED) is 0.771. The third kappa shape index (κ3) is 3.58. The lowest BCUT2D eigenvalue weighted by Gasteiger charge is -2.10. The van der Waals surface area contributed by atoms with Crippen LogP contribution < -0.4 is 0 Å². The van der Waals surface area contributed by atoms with Crippen molar-refractivity contribution in [3.63, 3.8) is 0 Å². The predicted octanol–water partition coefficient (Wildman–Crippen LogP) is 0.850. The highest BCUT2D eigenvalue weighted by atomic mass is 16.5. The summed E-state index contributed by atoms with van der Waals surface area (Å²) in [5.41, 5.74) is 1.53. The van der Waals surface area contributed by atoms with Gasteiger partial charge in [-0.2, -0.15) is 5.10 Å². The normalized spacial score (nSPS) is 12.2. The minimum atomic E-state index is -0.956. The maximum atomic E-state index is 11.2. The van der Waals surface area contributed by atoms with E-state index in [1.165, 1.54) is 7.11 Å². The molecule has 0 aromatic carbocycles. The molecule has 0 fully saturated rings. The van der Waals surface area contributed by atoms with Crippen molar-refractivity contribution in [2.24, 2.45) is 7.05 Å². The molecule has 1 aromatic heterocycles. The molecule has 1 aromatic rings. The van der Waals surface area contributed by atoms with Gasteiger partial charge in [0, 0.05) is 18.7 Å². The number of methoxy groups -OCH3 is 1. The molecule has 0 bridgehead atoms. The number of carbonyl (C=O) groups excluding carboxylic acids is 1. The molecule has 0 aliphatic heterocycles. The lowest BCUT2D eigenvalue weighted by atomic mass is 9.97. The number of carbonyl (C=O) groups is 2. The lowest BCUT2D eigenvalue weighted by Crippen LogP contribution is -2.13. The molecule has 1 rings (SSSR count). The Morgan fingerprint density at radius 3 is 2.59 bits per heavy atom. The Morgan fingerprint density at radius 2 is 2.18 bits per heavy atom. The van der Waals surface area contributed by atoms with E-state index >= 15 is 0 Å². The third-order valence-electron chi connectivity index (χ3n) is 2.61. The molecule has 0 aliphatic rings. The van der Waals surface area contributed by atoms with Crippen molar-refractivity contribution in [1.82, 2.24) is 9.78 Å². The van der Waals surface area contributed by atoms with Crippen LogP contribution in [0.3, 0.4) is 0 Å². The number of aliphatic carboxylic acids is 1. The Labute approximate surface area is 99.2 Å². The SMILES string of the molecule is COC(=O)CC(CC(=O)O)c1cc(C)n(C)n1. The van der Waals surface area contributed by atoms with Crippen LogP contribution in [0.25, 0.3) is 0 Å².